The van der Waals surface area contributed by atoms with Crippen LogP contribution in [0.4, 0.5) is 0 Å². The molecule has 1 aliphatic rings. The second kappa shape index (κ2) is 7.83. The van der Waals surface area contributed by atoms with Gasteiger partial charge < -0.3 is 9.73 Å². The van der Waals surface area contributed by atoms with Crippen LogP contribution in [0.15, 0.2) is 21.9 Å². The van der Waals surface area contributed by atoms with Crippen molar-refractivity contribution in [3.8, 4) is 16.8 Å². The zero-order valence-corrected chi connectivity index (χ0v) is 15.3. The van der Waals surface area contributed by atoms with Crippen LogP contribution in [-0.2, 0) is 11.2 Å². The average Bonchev–Trinajstić information content (AvgIpc) is 3.19. The van der Waals surface area contributed by atoms with Crippen molar-refractivity contribution in [2.75, 3.05) is 0 Å². The Hall–Kier alpha value is -2.13. The summed E-state index contributed by atoms with van der Waals surface area (Å²) in [6, 6.07) is 6.15. The monoisotopic (exact) mass is 357 g/mol. The molecule has 0 spiro atoms. The summed E-state index contributed by atoms with van der Waals surface area (Å²) in [7, 11) is 0. The van der Waals surface area contributed by atoms with Crippen molar-refractivity contribution in [1.82, 2.24) is 10.3 Å². The molecule has 0 radical (unpaired) electrons. The fraction of sp³-hybridized carbons (Fsp3) is 0.526. The smallest absolute Gasteiger partial charge is 0.227 e. The zero-order chi connectivity index (χ0) is 17.7. The molecule has 25 heavy (non-hydrogen) atoms. The molecule has 0 bridgehead atoms. The van der Waals surface area contributed by atoms with Crippen LogP contribution in [0.25, 0.3) is 10.8 Å². The number of carbonyl (C=O) groups is 1. The van der Waals surface area contributed by atoms with Crippen LogP contribution in [0.1, 0.15) is 56.4 Å². The molecule has 0 aromatic carbocycles. The van der Waals surface area contributed by atoms with Crippen LogP contribution in [0, 0.1) is 18.3 Å². The zero-order valence-electron chi connectivity index (χ0n) is 14.5. The molecule has 0 aliphatic heterocycles. The molecule has 2 heterocycles. The maximum atomic E-state index is 12.5. The number of nitrogens with zero attached hydrogens (tertiary/aromatic N) is 2. The summed E-state index contributed by atoms with van der Waals surface area (Å²) in [4.78, 5) is 17.0. The number of rotatable bonds is 4. The molecule has 1 saturated carbocycles. The van der Waals surface area contributed by atoms with E-state index in [0.29, 0.717) is 5.69 Å². The van der Waals surface area contributed by atoms with Gasteiger partial charge in [-0.25, -0.2) is 4.98 Å². The minimum Gasteiger partial charge on any atom is -0.459 e. The van der Waals surface area contributed by atoms with Gasteiger partial charge in [0.05, 0.1) is 18.2 Å². The second-order valence-corrected chi connectivity index (χ2v) is 7.60. The maximum absolute atomic E-state index is 12.5. The Kier molecular flexibility index (Phi) is 5.54. The Bertz CT molecular complexity index is 764. The number of nitriles is 1. The Morgan fingerprint density at radius 2 is 2.04 bits per heavy atom. The number of hydrogen-bond donors (Lipinski definition) is 1. The molecule has 2 aromatic heterocycles. The van der Waals surface area contributed by atoms with Gasteiger partial charge in [0.25, 0.3) is 0 Å². The highest BCUT2D eigenvalue weighted by atomic mass is 32.1. The summed E-state index contributed by atoms with van der Waals surface area (Å²) in [6.07, 6.45) is 7.16. The molecule has 2 aromatic rings. The van der Waals surface area contributed by atoms with Gasteiger partial charge in [0.1, 0.15) is 11.3 Å². The van der Waals surface area contributed by atoms with Gasteiger partial charge in [-0.3, -0.25) is 4.79 Å². The summed E-state index contributed by atoms with van der Waals surface area (Å²) in [5.74, 6) is 1.43. The number of aryl methyl sites for hydroxylation is 1. The van der Waals surface area contributed by atoms with E-state index in [0.717, 1.165) is 55.1 Å². The molecule has 1 N–H and O–H groups in total. The highest BCUT2D eigenvalue weighted by Crippen LogP contribution is 2.27. The highest BCUT2D eigenvalue weighted by molar-refractivity contribution is 7.13. The van der Waals surface area contributed by atoms with E-state index in [9.17, 15) is 10.1 Å². The normalized spacial score (nSPS) is 17.3. The van der Waals surface area contributed by atoms with Crippen molar-refractivity contribution in [3.05, 3.63) is 29.0 Å². The van der Waals surface area contributed by atoms with E-state index in [1.807, 2.05) is 24.4 Å². The number of furan rings is 1. The van der Waals surface area contributed by atoms with E-state index >= 15 is 0 Å². The van der Waals surface area contributed by atoms with Crippen LogP contribution < -0.4 is 5.32 Å². The number of nitrogens with one attached hydrogen (secondary N) is 1. The molecule has 132 valence electrons. The first kappa shape index (κ1) is 17.7. The summed E-state index contributed by atoms with van der Waals surface area (Å²) in [6.45, 7) is 1.89. The molecule has 5 nitrogen and oxygen atoms in total. The molecular formula is C19H23N3O2S. The van der Waals surface area contributed by atoms with Crippen molar-refractivity contribution in [2.45, 2.75) is 63.8 Å². The second-order valence-electron chi connectivity index (χ2n) is 6.74. The largest absolute Gasteiger partial charge is 0.459 e. The number of carbonyl (C=O) groups excluding carboxylic acids is 1. The Labute approximate surface area is 152 Å². The predicted molar refractivity (Wildman–Crippen MR) is 97.1 cm³/mol. The minimum absolute atomic E-state index is 0.130. The van der Waals surface area contributed by atoms with Crippen LogP contribution in [0.2, 0.25) is 0 Å². The van der Waals surface area contributed by atoms with Crippen molar-refractivity contribution >= 4 is 17.2 Å². The lowest BCUT2D eigenvalue weighted by molar-refractivity contribution is -0.122. The van der Waals surface area contributed by atoms with Crippen molar-refractivity contribution in [1.29, 1.82) is 5.26 Å². The lowest BCUT2D eigenvalue weighted by atomic mass is 9.85. The van der Waals surface area contributed by atoms with Gasteiger partial charge in [0.2, 0.25) is 5.91 Å². The molecule has 3 rings (SSSR count). The summed E-state index contributed by atoms with van der Waals surface area (Å²) in [5, 5.41) is 15.3. The Balaban J connectivity index is 1.63. The quantitative estimate of drug-likeness (QED) is 0.881. The topological polar surface area (TPSA) is 78.9 Å². The van der Waals surface area contributed by atoms with Gasteiger partial charge in [-0.05, 0) is 31.9 Å². The van der Waals surface area contributed by atoms with E-state index in [4.69, 9.17) is 4.42 Å². The maximum Gasteiger partial charge on any atom is 0.227 e. The molecule has 0 saturated heterocycles. The predicted octanol–water partition coefficient (Wildman–Crippen LogP) is 4.38. The van der Waals surface area contributed by atoms with E-state index in [1.54, 1.807) is 0 Å². The molecular weight excluding hydrogens is 334 g/mol. The van der Waals surface area contributed by atoms with E-state index in [1.165, 1.54) is 17.8 Å². The standard InChI is InChI=1S/C19H23N3O2S/c1-14-7-8-16(24-14)18-21-15(12-25-18)11-17(23)22-19(13-20)9-5-3-2-4-6-10-19/h7-8,12H,2-6,9-11H2,1H3,(H,22,23). The molecule has 0 atom stereocenters. The highest BCUT2D eigenvalue weighted by Gasteiger charge is 2.32. The van der Waals surface area contributed by atoms with Gasteiger partial charge in [0, 0.05) is 5.38 Å². The number of thiazole rings is 1. The first-order chi connectivity index (χ1) is 12.1. The van der Waals surface area contributed by atoms with Crippen LogP contribution in [0.5, 0.6) is 0 Å². The van der Waals surface area contributed by atoms with E-state index in [-0.39, 0.29) is 12.3 Å². The third kappa shape index (κ3) is 4.49. The molecule has 0 unspecified atom stereocenters. The summed E-state index contributed by atoms with van der Waals surface area (Å²) < 4.78 is 5.57. The Morgan fingerprint density at radius 3 is 2.68 bits per heavy atom. The minimum atomic E-state index is -0.714. The fourth-order valence-electron chi connectivity index (χ4n) is 3.30. The van der Waals surface area contributed by atoms with Crippen LogP contribution in [0.3, 0.4) is 0 Å². The molecule has 1 aliphatic carbocycles. The summed E-state index contributed by atoms with van der Waals surface area (Å²) in [5.41, 5.74) is -0.000397. The van der Waals surface area contributed by atoms with Crippen molar-refractivity contribution in [2.24, 2.45) is 0 Å². The van der Waals surface area contributed by atoms with Crippen LogP contribution >= 0.6 is 11.3 Å². The van der Waals surface area contributed by atoms with Crippen LogP contribution in [-0.4, -0.2) is 16.4 Å². The molecule has 1 amide bonds. The third-order valence-corrected chi connectivity index (χ3v) is 5.55. The van der Waals surface area contributed by atoms with E-state index < -0.39 is 5.54 Å². The lowest BCUT2D eigenvalue weighted by Gasteiger charge is -2.29. The molecule has 1 fully saturated rings. The SMILES string of the molecule is Cc1ccc(-c2nc(CC(=O)NC3(C#N)CCCCCCC3)cs2)o1. The van der Waals surface area contributed by atoms with Gasteiger partial charge in [-0.1, -0.05) is 32.1 Å². The van der Waals surface area contributed by atoms with Gasteiger partial charge in [0.15, 0.2) is 10.8 Å². The van der Waals surface area contributed by atoms with Crippen molar-refractivity contribution < 1.29 is 9.21 Å². The van der Waals surface area contributed by atoms with Gasteiger partial charge in [-0.2, -0.15) is 5.26 Å². The summed E-state index contributed by atoms with van der Waals surface area (Å²) >= 11 is 1.47. The third-order valence-electron chi connectivity index (χ3n) is 4.64. The number of aromatic nitrogens is 1. The Morgan fingerprint density at radius 1 is 1.32 bits per heavy atom. The van der Waals surface area contributed by atoms with Gasteiger partial charge in [-0.15, -0.1) is 11.3 Å². The van der Waals surface area contributed by atoms with Crippen molar-refractivity contribution in [3.63, 3.8) is 0 Å². The fourth-order valence-corrected chi connectivity index (χ4v) is 4.08. The lowest BCUT2D eigenvalue weighted by Crippen LogP contribution is -2.48. The number of hydrogen-bond acceptors (Lipinski definition) is 5. The van der Waals surface area contributed by atoms with E-state index in [2.05, 4.69) is 16.4 Å². The first-order valence-corrected chi connectivity index (χ1v) is 9.72. The first-order valence-electron chi connectivity index (χ1n) is 8.84. The number of amides is 1. The average molecular weight is 357 g/mol. The molecule has 6 heteroatoms. The van der Waals surface area contributed by atoms with Gasteiger partial charge >= 0.3 is 0 Å².